The molecule has 1 unspecified atom stereocenters. The molecule has 192 valence electrons. The number of benzene rings is 1. The molecule has 0 radical (unpaired) electrons. The van der Waals surface area contributed by atoms with Gasteiger partial charge in [-0.3, -0.25) is 5.41 Å². The molecule has 10 nitrogen and oxygen atoms in total. The second-order valence-corrected chi connectivity index (χ2v) is 12.1. The van der Waals surface area contributed by atoms with E-state index in [0.717, 1.165) is 41.7 Å². The minimum atomic E-state index is -0.249. The number of aromatic amines is 1. The van der Waals surface area contributed by atoms with Crippen LogP contribution >= 0.6 is 27.7 Å². The van der Waals surface area contributed by atoms with Crippen LogP contribution in [0.5, 0.6) is 11.5 Å². The maximum absolute atomic E-state index is 12.6. The number of amides is 2. The van der Waals surface area contributed by atoms with Gasteiger partial charge in [-0.25, -0.2) is 14.8 Å². The van der Waals surface area contributed by atoms with Gasteiger partial charge in [-0.05, 0) is 74.0 Å². The van der Waals surface area contributed by atoms with Crippen LogP contribution in [0.4, 0.5) is 4.79 Å². The number of rotatable bonds is 5. The molecule has 1 atom stereocenters. The molecule has 0 spiro atoms. The Morgan fingerprint density at radius 2 is 2.11 bits per heavy atom. The molecule has 2 amide bonds. The summed E-state index contributed by atoms with van der Waals surface area (Å²) in [5, 5.41) is 12.0. The van der Waals surface area contributed by atoms with Crippen LogP contribution in [0.1, 0.15) is 40.0 Å². The van der Waals surface area contributed by atoms with Gasteiger partial charge in [0.15, 0.2) is 27.8 Å². The fourth-order valence-corrected chi connectivity index (χ4v) is 5.84. The summed E-state index contributed by atoms with van der Waals surface area (Å²) in [6.45, 7) is 8.46. The van der Waals surface area contributed by atoms with Gasteiger partial charge in [0.05, 0.1) is 6.33 Å². The Kier molecular flexibility index (Phi) is 6.90. The molecule has 1 aromatic carbocycles. The van der Waals surface area contributed by atoms with Crippen LogP contribution < -0.4 is 20.3 Å². The Hall–Kier alpha value is -2.73. The third kappa shape index (κ3) is 5.49. The first-order valence-corrected chi connectivity index (χ1v) is 13.6. The number of fused-ring (bicyclic) bond motifs is 2. The van der Waals surface area contributed by atoms with E-state index >= 15 is 0 Å². The molecular formula is C24H30BrN7O3S. The van der Waals surface area contributed by atoms with Gasteiger partial charge in [-0.2, -0.15) is 0 Å². The number of carbonyl (C=O) groups excluding carboxylic acids is 1. The molecule has 3 N–H and O–H groups in total. The molecule has 0 bridgehead atoms. The van der Waals surface area contributed by atoms with Gasteiger partial charge in [0.1, 0.15) is 5.52 Å². The van der Waals surface area contributed by atoms with Crippen LogP contribution in [0.25, 0.3) is 11.2 Å². The molecule has 2 aromatic heterocycles. The quantitative estimate of drug-likeness (QED) is 0.412. The van der Waals surface area contributed by atoms with Gasteiger partial charge < -0.3 is 29.2 Å². The smallest absolute Gasteiger partial charge is 0.317 e. The average molecular weight is 577 g/mol. The second-order valence-electron chi connectivity index (χ2n) is 10.2. The molecular weight excluding hydrogens is 546 g/mol. The number of hydrogen-bond acceptors (Lipinski definition) is 7. The number of carbonyl (C=O) groups is 1. The number of imidazole rings is 1. The van der Waals surface area contributed by atoms with Crippen molar-refractivity contribution in [1.29, 1.82) is 5.41 Å². The van der Waals surface area contributed by atoms with Crippen molar-refractivity contribution in [1.82, 2.24) is 29.7 Å². The van der Waals surface area contributed by atoms with Crippen molar-refractivity contribution in [2.45, 2.75) is 62.2 Å². The Labute approximate surface area is 221 Å². The first-order chi connectivity index (χ1) is 17.2. The number of ether oxygens (including phenoxy) is 2. The predicted octanol–water partition coefficient (Wildman–Crippen LogP) is 4.49. The number of aromatic nitrogens is 4. The summed E-state index contributed by atoms with van der Waals surface area (Å²) in [5.74, 6) is 1.82. The van der Waals surface area contributed by atoms with Gasteiger partial charge in [0.2, 0.25) is 6.79 Å². The lowest BCUT2D eigenvalue weighted by atomic mass is 9.95. The highest BCUT2D eigenvalue weighted by atomic mass is 79.9. The van der Waals surface area contributed by atoms with E-state index < -0.39 is 0 Å². The normalized spacial score (nSPS) is 17.6. The minimum Gasteiger partial charge on any atom is -0.454 e. The highest BCUT2D eigenvalue weighted by Gasteiger charge is 2.26. The molecule has 0 aliphatic carbocycles. The third-order valence-corrected chi connectivity index (χ3v) is 8.06. The molecule has 1 saturated heterocycles. The number of piperidine rings is 1. The lowest BCUT2D eigenvalue weighted by molar-refractivity contribution is 0.154. The fraction of sp³-hybridized carbons (Fsp3) is 0.500. The number of likely N-dealkylation sites (tertiary alicyclic amines) is 1. The van der Waals surface area contributed by atoms with Crippen LogP contribution in [0.3, 0.4) is 0 Å². The molecule has 0 saturated carbocycles. The maximum atomic E-state index is 12.6. The summed E-state index contributed by atoms with van der Waals surface area (Å²) < 4.78 is 13.8. The van der Waals surface area contributed by atoms with Crippen LogP contribution in [0.15, 0.2) is 33.0 Å². The van der Waals surface area contributed by atoms with Gasteiger partial charge in [-0.1, -0.05) is 11.8 Å². The summed E-state index contributed by atoms with van der Waals surface area (Å²) in [5.41, 5.74) is 1.22. The largest absolute Gasteiger partial charge is 0.454 e. The Balaban J connectivity index is 1.29. The highest BCUT2D eigenvalue weighted by Crippen LogP contribution is 2.42. The summed E-state index contributed by atoms with van der Waals surface area (Å²) in [6, 6.07) is 3.81. The van der Waals surface area contributed by atoms with Gasteiger partial charge >= 0.3 is 6.03 Å². The third-order valence-electron chi connectivity index (χ3n) is 6.20. The van der Waals surface area contributed by atoms with Crippen LogP contribution in [-0.2, 0) is 6.54 Å². The van der Waals surface area contributed by atoms with Crippen molar-refractivity contribution in [2.24, 2.45) is 5.92 Å². The van der Waals surface area contributed by atoms with Crippen LogP contribution in [0, 0.1) is 11.3 Å². The van der Waals surface area contributed by atoms with E-state index in [1.807, 2.05) is 42.4 Å². The molecule has 4 heterocycles. The number of H-pyrrole nitrogens is 1. The first kappa shape index (κ1) is 24.9. The molecule has 36 heavy (non-hydrogen) atoms. The summed E-state index contributed by atoms with van der Waals surface area (Å²) >= 11 is 5.05. The summed E-state index contributed by atoms with van der Waals surface area (Å²) in [4.78, 5) is 27.8. The second kappa shape index (κ2) is 9.97. The van der Waals surface area contributed by atoms with E-state index in [0.29, 0.717) is 40.3 Å². The number of urea groups is 1. The molecule has 5 rings (SSSR count). The zero-order valence-corrected chi connectivity index (χ0v) is 23.0. The first-order valence-electron chi connectivity index (χ1n) is 12.0. The van der Waals surface area contributed by atoms with E-state index in [9.17, 15) is 4.79 Å². The average Bonchev–Trinajstić information content (AvgIpc) is 3.45. The fourth-order valence-electron chi connectivity index (χ4n) is 4.46. The van der Waals surface area contributed by atoms with Crippen LogP contribution in [0.2, 0.25) is 0 Å². The maximum Gasteiger partial charge on any atom is 0.317 e. The number of aryl methyl sites for hydroxylation is 1. The zero-order valence-electron chi connectivity index (χ0n) is 20.6. The van der Waals surface area contributed by atoms with Crippen molar-refractivity contribution in [2.75, 3.05) is 19.9 Å². The number of nitrogens with one attached hydrogen (secondary N) is 3. The lowest BCUT2D eigenvalue weighted by Gasteiger charge is -2.35. The van der Waals surface area contributed by atoms with E-state index in [4.69, 9.17) is 19.9 Å². The van der Waals surface area contributed by atoms with E-state index in [-0.39, 0.29) is 23.9 Å². The van der Waals surface area contributed by atoms with Crippen molar-refractivity contribution in [3.05, 3.63) is 28.4 Å². The van der Waals surface area contributed by atoms with Crippen molar-refractivity contribution < 1.29 is 14.3 Å². The number of hydrogen-bond donors (Lipinski definition) is 3. The summed E-state index contributed by atoms with van der Waals surface area (Å²) in [6.07, 6.45) is 4.68. The number of nitrogens with zero attached hydrogens (tertiary/aromatic N) is 4. The van der Waals surface area contributed by atoms with Crippen LogP contribution in [-0.4, -0.2) is 55.9 Å². The Morgan fingerprint density at radius 3 is 2.89 bits per heavy atom. The zero-order chi connectivity index (χ0) is 25.4. The van der Waals surface area contributed by atoms with Gasteiger partial charge in [-0.15, -0.1) is 0 Å². The minimum absolute atomic E-state index is 0.00566. The van der Waals surface area contributed by atoms with Crippen molar-refractivity contribution in [3.63, 3.8) is 0 Å². The number of halogens is 1. The topological polar surface area (TPSA) is 121 Å². The molecule has 1 fully saturated rings. The SMILES string of the molecule is CC(C)(C)NC(=O)N1CCCC(CCn2cnc(=N)c3[nH]c(Sc4cc5c(cc4Br)OCO5)nc32)C1. The van der Waals surface area contributed by atoms with E-state index in [2.05, 4.69) is 31.2 Å². The Bertz CT molecular complexity index is 1350. The standard InChI is InChI=1S/C24H30BrN7O3S/c1-24(2,3)30-23(33)31-7-4-5-14(11-31)6-8-32-12-27-20(26)19-21(32)29-22(28-19)36-18-10-17-16(9-15(18)25)34-13-35-17/h9-10,12,14,26H,4-8,11,13H2,1-3H3,(H,28,29)(H,30,33). The molecule has 3 aromatic rings. The monoisotopic (exact) mass is 575 g/mol. The van der Waals surface area contributed by atoms with Gasteiger partial charge in [0, 0.05) is 34.5 Å². The highest BCUT2D eigenvalue weighted by molar-refractivity contribution is 9.10. The Morgan fingerprint density at radius 1 is 1.33 bits per heavy atom. The molecule has 2 aliphatic rings. The van der Waals surface area contributed by atoms with Crippen molar-refractivity contribution >= 4 is 44.9 Å². The lowest BCUT2D eigenvalue weighted by Crippen LogP contribution is -2.51. The predicted molar refractivity (Wildman–Crippen MR) is 139 cm³/mol. The molecule has 2 aliphatic heterocycles. The van der Waals surface area contributed by atoms with E-state index in [1.54, 1.807) is 6.33 Å². The summed E-state index contributed by atoms with van der Waals surface area (Å²) in [7, 11) is 0. The van der Waals surface area contributed by atoms with E-state index in [1.165, 1.54) is 11.8 Å². The van der Waals surface area contributed by atoms with Gasteiger partial charge in [0.25, 0.3) is 0 Å². The van der Waals surface area contributed by atoms with Crippen molar-refractivity contribution in [3.8, 4) is 11.5 Å². The molecule has 12 heteroatoms.